The second-order valence-corrected chi connectivity index (χ2v) is 11.9. The van der Waals surface area contributed by atoms with Crippen molar-refractivity contribution in [2.24, 2.45) is 25.9 Å². The van der Waals surface area contributed by atoms with Crippen LogP contribution in [-0.4, -0.2) is 106 Å². The first-order valence-electron chi connectivity index (χ1n) is 15.4. The van der Waals surface area contributed by atoms with Crippen LogP contribution in [0, 0.1) is 5.92 Å². The fourth-order valence-corrected chi connectivity index (χ4v) is 5.41. The molecule has 1 aliphatic carbocycles. The Bertz CT molecular complexity index is 985. The minimum atomic E-state index is -1.63. The quantitative estimate of drug-likeness (QED) is 0.120. The highest BCUT2D eigenvalue weighted by atomic mass is 16.4. The number of amidine groups is 2. The molecule has 42 heavy (non-hydrogen) atoms. The van der Waals surface area contributed by atoms with Gasteiger partial charge < -0.3 is 36.4 Å². The molecule has 1 saturated carbocycles. The van der Waals surface area contributed by atoms with E-state index in [9.17, 15) is 30.0 Å². The molecule has 0 radical (unpaired) electrons. The lowest BCUT2D eigenvalue weighted by Crippen LogP contribution is -2.68. The average molecular weight is 592 g/mol. The topological polar surface area (TPSA) is 201 Å². The molecule has 5 unspecified atom stereocenters. The van der Waals surface area contributed by atoms with E-state index in [1.54, 1.807) is 0 Å². The fraction of sp³-hybridized carbons (Fsp3) is 0.793. The van der Waals surface area contributed by atoms with E-state index in [4.69, 9.17) is 0 Å². The summed E-state index contributed by atoms with van der Waals surface area (Å²) in [6.07, 6.45) is 9.54. The van der Waals surface area contributed by atoms with Crippen LogP contribution in [-0.2, 0) is 9.59 Å². The molecule has 0 bridgehead atoms. The van der Waals surface area contributed by atoms with Crippen LogP contribution in [0.15, 0.2) is 20.0 Å². The number of carbonyl (C=O) groups is 2. The lowest BCUT2D eigenvalue weighted by molar-refractivity contribution is -0.148. The van der Waals surface area contributed by atoms with Crippen LogP contribution in [0.25, 0.3) is 0 Å². The van der Waals surface area contributed by atoms with Crippen LogP contribution in [0.2, 0.25) is 0 Å². The zero-order chi connectivity index (χ0) is 30.5. The molecule has 7 N–H and O–H groups in total. The monoisotopic (exact) mass is 591 g/mol. The Kier molecular flexibility index (Phi) is 14.0. The van der Waals surface area contributed by atoms with Crippen LogP contribution in [0.1, 0.15) is 90.9 Å². The van der Waals surface area contributed by atoms with Crippen molar-refractivity contribution in [1.82, 2.24) is 16.0 Å². The van der Waals surface area contributed by atoms with E-state index in [1.165, 1.54) is 64.0 Å². The first-order chi connectivity index (χ1) is 20.2. The van der Waals surface area contributed by atoms with Gasteiger partial charge in [-0.2, -0.15) is 0 Å². The van der Waals surface area contributed by atoms with Gasteiger partial charge >= 0.3 is 0 Å². The minimum absolute atomic E-state index is 0.150. The van der Waals surface area contributed by atoms with Crippen molar-refractivity contribution in [3.05, 3.63) is 0 Å². The van der Waals surface area contributed by atoms with E-state index in [0.29, 0.717) is 12.3 Å². The number of hydrogen-bond acceptors (Lipinski definition) is 10. The van der Waals surface area contributed by atoms with E-state index in [1.807, 2.05) is 0 Å². The van der Waals surface area contributed by atoms with Crippen LogP contribution >= 0.6 is 0 Å². The summed E-state index contributed by atoms with van der Waals surface area (Å²) < 4.78 is 0. The van der Waals surface area contributed by atoms with Crippen molar-refractivity contribution in [1.29, 1.82) is 0 Å². The van der Waals surface area contributed by atoms with E-state index in [-0.39, 0.29) is 18.3 Å². The fourth-order valence-electron chi connectivity index (χ4n) is 5.41. The van der Waals surface area contributed by atoms with Gasteiger partial charge in [0.25, 0.3) is 0 Å². The number of aliphatic hydroxyl groups is 4. The maximum atomic E-state index is 12.4. The lowest BCUT2D eigenvalue weighted by Gasteiger charge is -2.42. The highest BCUT2D eigenvalue weighted by molar-refractivity contribution is 6.21. The molecule has 0 spiro atoms. The molecule has 13 nitrogen and oxygen atoms in total. The molecule has 13 heteroatoms. The SMILES string of the molecule is CC(C)CCCCCCCCCCCCC(=O)NCC(=O)NC1C(O)C(O)C(N=C2N=CNC3=NC=NC23)C(O)C1O. The zero-order valence-corrected chi connectivity index (χ0v) is 24.9. The van der Waals surface area contributed by atoms with Crippen LogP contribution in [0.4, 0.5) is 0 Å². The third kappa shape index (κ3) is 10.2. The minimum Gasteiger partial charge on any atom is -0.388 e. The van der Waals surface area contributed by atoms with E-state index >= 15 is 0 Å². The van der Waals surface area contributed by atoms with E-state index < -0.39 is 48.4 Å². The van der Waals surface area contributed by atoms with E-state index in [2.05, 4.69) is 49.8 Å². The molecule has 5 atom stereocenters. The van der Waals surface area contributed by atoms with Gasteiger partial charge in [-0.3, -0.25) is 19.6 Å². The number of carbonyl (C=O) groups excluding carboxylic acids is 2. The standard InChI is InChI=1S/C29H49N7O6/c1-18(2)13-11-9-7-5-3-4-6-8-10-12-14-19(37)30-15-20(38)35-21-24(39)26(41)22(27(42)25(21)40)36-29-23-28(32-16-31-23)33-17-34-29/h16-18,21-27,39-42H,3-15H2,1-2H3,(H,30,37)(H,35,38)(H,31,32,33,34,36). The Balaban J connectivity index is 1.30. The summed E-state index contributed by atoms with van der Waals surface area (Å²) in [5.41, 5.74) is 0. The number of amides is 2. The van der Waals surface area contributed by atoms with Crippen molar-refractivity contribution >= 4 is 36.2 Å². The molecule has 2 heterocycles. The van der Waals surface area contributed by atoms with Gasteiger partial charge in [0.1, 0.15) is 42.6 Å². The third-order valence-electron chi connectivity index (χ3n) is 7.95. The average Bonchev–Trinajstić information content (AvgIpc) is 3.46. The molecule has 0 aromatic heterocycles. The smallest absolute Gasteiger partial charge is 0.239 e. The Morgan fingerprint density at radius 1 is 0.881 bits per heavy atom. The number of nitrogens with one attached hydrogen (secondary N) is 3. The third-order valence-corrected chi connectivity index (χ3v) is 7.95. The molecule has 2 amide bonds. The number of aliphatic hydroxyl groups excluding tert-OH is 4. The second-order valence-electron chi connectivity index (χ2n) is 11.9. The van der Waals surface area contributed by atoms with Gasteiger partial charge in [-0.1, -0.05) is 78.1 Å². The van der Waals surface area contributed by atoms with Crippen molar-refractivity contribution in [2.75, 3.05) is 6.54 Å². The maximum absolute atomic E-state index is 12.4. The van der Waals surface area contributed by atoms with Crippen LogP contribution < -0.4 is 16.0 Å². The molecule has 1 fully saturated rings. The molecule has 0 aromatic rings. The molecule has 0 aromatic carbocycles. The first kappa shape index (κ1) is 33.8. The highest BCUT2D eigenvalue weighted by Gasteiger charge is 2.50. The summed E-state index contributed by atoms with van der Waals surface area (Å²) in [4.78, 5) is 41.1. The first-order valence-corrected chi connectivity index (χ1v) is 15.4. The van der Waals surface area contributed by atoms with Crippen molar-refractivity contribution < 1.29 is 30.0 Å². The molecule has 3 rings (SSSR count). The number of rotatable bonds is 17. The van der Waals surface area contributed by atoms with Gasteiger partial charge in [0.05, 0.1) is 18.9 Å². The molecule has 3 aliphatic rings. The molecule has 2 aliphatic heterocycles. The van der Waals surface area contributed by atoms with Crippen molar-refractivity contribution in [3.8, 4) is 0 Å². The summed E-state index contributed by atoms with van der Waals surface area (Å²) in [7, 11) is 0. The van der Waals surface area contributed by atoms with Gasteiger partial charge in [0, 0.05) is 6.42 Å². The summed E-state index contributed by atoms with van der Waals surface area (Å²) in [5.74, 6) is 0.501. The number of aliphatic imine (C=N–C) groups is 4. The normalized spacial score (nSPS) is 29.4. The molecule has 0 saturated heterocycles. The lowest BCUT2D eigenvalue weighted by atomic mass is 9.81. The summed E-state index contributed by atoms with van der Waals surface area (Å²) in [6, 6.07) is -3.32. The van der Waals surface area contributed by atoms with Gasteiger partial charge in [0.15, 0.2) is 11.9 Å². The van der Waals surface area contributed by atoms with Crippen molar-refractivity contribution in [2.45, 2.75) is 133 Å². The number of unbranched alkanes of at least 4 members (excludes halogenated alkanes) is 9. The Hall–Kier alpha value is -2.74. The molecule has 236 valence electrons. The number of hydrogen-bond donors (Lipinski definition) is 7. The maximum Gasteiger partial charge on any atom is 0.239 e. The van der Waals surface area contributed by atoms with Gasteiger partial charge in [0.2, 0.25) is 11.8 Å². The zero-order valence-electron chi connectivity index (χ0n) is 24.9. The molecular weight excluding hydrogens is 542 g/mol. The number of nitrogens with zero attached hydrogens (tertiary/aromatic N) is 4. The molecular formula is C29H49N7O6. The van der Waals surface area contributed by atoms with Gasteiger partial charge in [-0.05, 0) is 12.3 Å². The number of fused-ring (bicyclic) bond motifs is 1. The summed E-state index contributed by atoms with van der Waals surface area (Å²) in [6.45, 7) is 4.19. The van der Waals surface area contributed by atoms with Crippen LogP contribution in [0.3, 0.4) is 0 Å². The predicted molar refractivity (Wildman–Crippen MR) is 162 cm³/mol. The Morgan fingerprint density at radius 3 is 2.10 bits per heavy atom. The summed E-state index contributed by atoms with van der Waals surface area (Å²) in [5, 5.41) is 50.4. The highest BCUT2D eigenvalue weighted by Crippen LogP contribution is 2.25. The Morgan fingerprint density at radius 2 is 1.48 bits per heavy atom. The summed E-state index contributed by atoms with van der Waals surface area (Å²) >= 11 is 0. The van der Waals surface area contributed by atoms with Crippen LogP contribution in [0.5, 0.6) is 0 Å². The van der Waals surface area contributed by atoms with E-state index in [0.717, 1.165) is 25.2 Å². The second kappa shape index (κ2) is 17.4. The largest absolute Gasteiger partial charge is 0.388 e. The predicted octanol–water partition coefficient (Wildman–Crippen LogP) is 0.589. The van der Waals surface area contributed by atoms with Gasteiger partial charge in [-0.25, -0.2) is 9.98 Å². The Labute approximate surface area is 248 Å². The van der Waals surface area contributed by atoms with Crippen molar-refractivity contribution in [3.63, 3.8) is 0 Å². The van der Waals surface area contributed by atoms with Gasteiger partial charge in [-0.15, -0.1) is 0 Å².